The topological polar surface area (TPSA) is 253 Å². The highest BCUT2D eigenvalue weighted by molar-refractivity contribution is 6.48. The van der Waals surface area contributed by atoms with Crippen molar-refractivity contribution in [2.45, 2.75) is 123 Å². The summed E-state index contributed by atoms with van der Waals surface area (Å²) in [5.74, 6) is -3.31. The second-order valence-electron chi connectivity index (χ2n) is 22.8. The van der Waals surface area contributed by atoms with Gasteiger partial charge in [-0.3, -0.25) is 38.6 Å². The van der Waals surface area contributed by atoms with Crippen molar-refractivity contribution in [3.63, 3.8) is 0 Å². The van der Waals surface area contributed by atoms with E-state index in [1.54, 1.807) is 40.2 Å². The molecular weight excluding hydrogens is 1090 g/mol. The number of rotatable bonds is 28. The van der Waals surface area contributed by atoms with Crippen molar-refractivity contribution >= 4 is 49.4 Å². The maximum Gasteiger partial charge on any atom is 0.482 e. The first kappa shape index (κ1) is 69.3. The van der Waals surface area contributed by atoms with Gasteiger partial charge in [0.2, 0.25) is 23.6 Å². The summed E-state index contributed by atoms with van der Waals surface area (Å²) in [6, 6.07) is 32.2. The molecule has 6 N–H and O–H groups in total. The number of carbonyl (C=O) groups excluding carboxylic acids is 6. The van der Waals surface area contributed by atoms with Gasteiger partial charge in [-0.2, -0.15) is 0 Å². The Bertz CT molecular complexity index is 2700. The number of carbonyl (C=O) groups is 6. The number of ether oxygens (including phenoxy) is 4. The molecule has 4 amide bonds. The van der Waals surface area contributed by atoms with Gasteiger partial charge in [0, 0.05) is 50.9 Å². The number of nitrogens with one attached hydrogen (secondary N) is 4. The predicted octanol–water partition coefficient (Wildman–Crippen LogP) is 4.03. The maximum atomic E-state index is 14.1. The van der Waals surface area contributed by atoms with Crippen LogP contribution in [-0.2, 0) is 73.2 Å². The largest absolute Gasteiger partial charge is 0.497 e. The summed E-state index contributed by atoms with van der Waals surface area (Å²) in [4.78, 5) is 83.3. The molecule has 3 saturated heterocycles. The van der Waals surface area contributed by atoms with Gasteiger partial charge in [-0.1, -0.05) is 92.4 Å². The zero-order chi connectivity index (χ0) is 60.8. The van der Waals surface area contributed by atoms with Crippen LogP contribution in [0.25, 0.3) is 0 Å². The van der Waals surface area contributed by atoms with Gasteiger partial charge in [-0.25, -0.2) is 0 Å². The van der Waals surface area contributed by atoms with E-state index in [0.29, 0.717) is 76.9 Å². The van der Waals surface area contributed by atoms with Crippen LogP contribution in [0.4, 0.5) is 0 Å². The van der Waals surface area contributed by atoms with Crippen LogP contribution in [0.15, 0.2) is 109 Å². The number of benzene rings is 4. The van der Waals surface area contributed by atoms with E-state index in [-0.39, 0.29) is 75.5 Å². The molecule has 22 heteroatoms. The summed E-state index contributed by atoms with van der Waals surface area (Å²) < 4.78 is 33.9. The molecule has 0 radical (unpaired) electrons. The molecule has 0 unspecified atom stereocenters. The maximum absolute atomic E-state index is 14.1. The minimum atomic E-state index is -1.79. The lowest BCUT2D eigenvalue weighted by Crippen LogP contribution is -2.52. The van der Waals surface area contributed by atoms with Crippen LogP contribution in [0.2, 0.25) is 0 Å². The minimum Gasteiger partial charge on any atom is -0.497 e. The van der Waals surface area contributed by atoms with Gasteiger partial charge < -0.3 is 59.6 Å². The van der Waals surface area contributed by atoms with Crippen molar-refractivity contribution in [1.29, 1.82) is 0 Å². The quantitative estimate of drug-likeness (QED) is 0.0439. The van der Waals surface area contributed by atoms with Crippen molar-refractivity contribution in [3.8, 4) is 11.5 Å². The lowest BCUT2D eigenvalue weighted by Gasteiger charge is -2.32. The second kappa shape index (κ2) is 34.0. The lowest BCUT2D eigenvalue weighted by atomic mass is 9.74. The molecule has 3 fully saturated rings. The molecule has 462 valence electrons. The molecular formula is C63H90B2N6O14. The number of nitrogens with zero attached hydrogens (tertiary/aromatic N) is 2. The van der Waals surface area contributed by atoms with Crippen molar-refractivity contribution in [2.75, 3.05) is 79.9 Å². The summed E-state index contributed by atoms with van der Waals surface area (Å²) >= 11 is 0. The molecule has 3 heterocycles. The number of methoxy groups -OCH3 is 2. The molecule has 6 atom stereocenters. The van der Waals surface area contributed by atoms with E-state index < -0.39 is 67.1 Å². The molecule has 4 aromatic rings. The van der Waals surface area contributed by atoms with Gasteiger partial charge >= 0.3 is 14.2 Å². The summed E-state index contributed by atoms with van der Waals surface area (Å²) in [5, 5.41) is 31.4. The van der Waals surface area contributed by atoms with Crippen molar-refractivity contribution in [3.05, 3.63) is 131 Å². The highest BCUT2D eigenvalue weighted by Gasteiger charge is 2.54. The normalized spacial score (nSPS) is 17.8. The van der Waals surface area contributed by atoms with E-state index in [0.717, 1.165) is 22.3 Å². The van der Waals surface area contributed by atoms with Gasteiger partial charge in [0.25, 0.3) is 0 Å². The number of hydrogen-bond donors (Lipinski definition) is 6. The van der Waals surface area contributed by atoms with Crippen molar-refractivity contribution in [2.24, 2.45) is 11.8 Å². The van der Waals surface area contributed by atoms with E-state index in [4.69, 9.17) is 28.3 Å². The van der Waals surface area contributed by atoms with E-state index in [1.807, 2.05) is 135 Å². The van der Waals surface area contributed by atoms with Crippen LogP contribution in [-0.4, -0.2) is 184 Å². The Morgan fingerprint density at radius 3 is 1.28 bits per heavy atom. The Labute approximate surface area is 503 Å². The van der Waals surface area contributed by atoms with Gasteiger partial charge in [0.1, 0.15) is 11.5 Å². The number of hydrogen-bond acceptors (Lipinski definition) is 16. The van der Waals surface area contributed by atoms with E-state index >= 15 is 0 Å². The summed E-state index contributed by atoms with van der Waals surface area (Å²) in [7, 11) is 0.687. The fourth-order valence-corrected chi connectivity index (χ4v) is 9.94. The van der Waals surface area contributed by atoms with Crippen LogP contribution < -0.4 is 30.7 Å². The zero-order valence-electron chi connectivity index (χ0n) is 50.0. The Morgan fingerprint density at radius 2 is 0.906 bits per heavy atom. The summed E-state index contributed by atoms with van der Waals surface area (Å²) in [6.07, 6.45) is 1.10. The van der Waals surface area contributed by atoms with Crippen LogP contribution in [0.3, 0.4) is 0 Å². The number of ketones is 2. The first-order valence-electron chi connectivity index (χ1n) is 29.0. The average Bonchev–Trinajstić information content (AvgIpc) is 3.18. The molecule has 20 nitrogen and oxygen atoms in total. The molecule has 4 aromatic carbocycles. The fourth-order valence-electron chi connectivity index (χ4n) is 9.94. The summed E-state index contributed by atoms with van der Waals surface area (Å²) in [6.45, 7) is 16.5. The highest BCUT2D eigenvalue weighted by Crippen LogP contribution is 2.38. The van der Waals surface area contributed by atoms with Gasteiger partial charge in [0.15, 0.2) is 11.6 Å². The average molecular weight is 1180 g/mol. The third-order valence-corrected chi connectivity index (χ3v) is 15.8. The molecule has 85 heavy (non-hydrogen) atoms. The lowest BCUT2D eigenvalue weighted by molar-refractivity contribution is -0.132. The number of morpholine rings is 2. The second-order valence-corrected chi connectivity index (χ2v) is 22.8. The van der Waals surface area contributed by atoms with Crippen molar-refractivity contribution in [1.82, 2.24) is 31.1 Å². The van der Waals surface area contributed by atoms with E-state index in [9.17, 15) is 38.8 Å². The SMILES string of the molecule is C.COc1ccc(C[C@H](CC(=O)[C@H](C)NC(=O)CN2CCOCC2)C(=O)N[C@@H](Cc2ccccc2)B(O)O)cc1.COc1ccc(C[C@H](CC(=O)[C@H](C)NC(=O)CN2CCOCC2)C(=O)N[C@@H](Cc2ccccc2)B2OC(C)(C)C(C)(C)O2)cc1. The molecule has 3 aliphatic heterocycles. The Kier molecular flexibility index (Phi) is 27.7. The highest BCUT2D eigenvalue weighted by atomic mass is 16.7. The first-order chi connectivity index (χ1) is 40.1. The fraction of sp³-hybridized carbons (Fsp3) is 0.524. The van der Waals surface area contributed by atoms with E-state index in [2.05, 4.69) is 21.3 Å². The molecule has 0 bridgehead atoms. The van der Waals surface area contributed by atoms with Crippen LogP contribution in [0.5, 0.6) is 11.5 Å². The standard InChI is InChI=1S/C34H48BN3O7.C28H38BN3O7.CH4/c1-24(36-31(40)23-38-16-18-43-19-17-38)29(39)22-27(20-26-12-14-28(42-6)15-13-26)32(41)37-30(21-25-10-8-7-9-11-25)35-44-33(2,3)34(4,5)45-35;1-20(30-27(34)19-32-12-14-39-15-13-32)25(33)18-23(16-22-8-10-24(38-2)11-9-22)28(35)31-26(29(36)37)17-21-6-4-3-5-7-21;/h7-15,24,27,30H,16-23H2,1-6H3,(H,36,40)(H,37,41);3-11,20,23,26,36-37H,12-19H2,1-2H3,(H,30,34)(H,31,35);1H4/t24-,27+,30-;20-,23+,26-;/m00./s1. The minimum absolute atomic E-state index is 0. The van der Waals surface area contributed by atoms with Crippen LogP contribution in [0, 0.1) is 11.8 Å². The molecule has 3 aliphatic rings. The number of Topliss-reactive ketones (excluding diaryl/α,β-unsaturated/α-hetero) is 2. The molecule has 0 spiro atoms. The molecule has 0 aliphatic carbocycles. The van der Waals surface area contributed by atoms with Gasteiger partial charge in [0.05, 0.1) is 88.9 Å². The molecule has 7 rings (SSSR count). The number of amides is 4. The van der Waals surface area contributed by atoms with Crippen LogP contribution >= 0.6 is 0 Å². The van der Waals surface area contributed by atoms with E-state index in [1.165, 1.54) is 0 Å². The smallest absolute Gasteiger partial charge is 0.482 e. The third-order valence-electron chi connectivity index (χ3n) is 15.8. The Morgan fingerprint density at radius 1 is 0.541 bits per heavy atom. The van der Waals surface area contributed by atoms with Crippen LogP contribution in [0.1, 0.15) is 84.1 Å². The predicted molar refractivity (Wildman–Crippen MR) is 327 cm³/mol. The van der Waals surface area contributed by atoms with Crippen molar-refractivity contribution < 1.29 is 67.1 Å². The summed E-state index contributed by atoms with van der Waals surface area (Å²) in [5.41, 5.74) is 2.40. The first-order valence-corrected chi connectivity index (χ1v) is 29.0. The zero-order valence-corrected chi connectivity index (χ0v) is 50.0. The molecule has 0 aromatic heterocycles. The molecule has 0 saturated carbocycles. The van der Waals surface area contributed by atoms with Gasteiger partial charge in [-0.05, 0) is 114 Å². The Balaban J connectivity index is 0.000000310. The van der Waals surface area contributed by atoms with Gasteiger partial charge in [-0.15, -0.1) is 0 Å². The third kappa shape index (κ3) is 22.4. The Hall–Kier alpha value is -6.49. The monoisotopic (exact) mass is 1180 g/mol.